The van der Waals surface area contributed by atoms with E-state index in [0.717, 1.165) is 18.1 Å². The summed E-state index contributed by atoms with van der Waals surface area (Å²) in [4.78, 5) is 44.0. The van der Waals surface area contributed by atoms with Crippen LogP contribution in [0.1, 0.15) is 65.1 Å². The van der Waals surface area contributed by atoms with E-state index in [2.05, 4.69) is 51.0 Å². The second-order valence-corrected chi connectivity index (χ2v) is 16.9. The fourth-order valence-electron chi connectivity index (χ4n) is 7.53. The molecular formula is C37H37NO9Si. The number of fused-ring (bicyclic) bond motifs is 4. The zero-order chi connectivity index (χ0) is 34.6. The molecule has 2 aromatic rings. The van der Waals surface area contributed by atoms with Crippen molar-refractivity contribution >= 4 is 31.7 Å². The van der Waals surface area contributed by atoms with Crippen LogP contribution >= 0.6 is 0 Å². The van der Waals surface area contributed by atoms with E-state index in [1.807, 2.05) is 6.92 Å². The van der Waals surface area contributed by atoms with Gasteiger partial charge in [-0.15, -0.1) is 0 Å². The first-order valence-corrected chi connectivity index (χ1v) is 18.5. The zero-order valence-electron chi connectivity index (χ0n) is 27.5. The number of ketones is 2. The van der Waals surface area contributed by atoms with Crippen LogP contribution in [-0.2, 0) is 19.5 Å². The van der Waals surface area contributed by atoms with Crippen LogP contribution in [0.3, 0.4) is 0 Å². The van der Waals surface area contributed by atoms with Crippen molar-refractivity contribution in [2.75, 3.05) is 18.6 Å². The Morgan fingerprint density at radius 2 is 1.75 bits per heavy atom. The predicted octanol–water partition coefficient (Wildman–Crippen LogP) is 5.00. The third kappa shape index (κ3) is 4.50. The van der Waals surface area contributed by atoms with Crippen LogP contribution in [-0.4, -0.2) is 73.8 Å². The van der Waals surface area contributed by atoms with Crippen molar-refractivity contribution in [3.8, 4) is 35.2 Å². The standard InChI is InChI=1S/C37H37NO9Si/c1-7-19-45-35(43)38-28-15-13-11-12-14-16-29(40)37(36(28,47-37)22(5)46-48(8-2,9-3)10-4)26-21-27(39)30-31(32(26)38)33(41)24-18-17-23(44-6)20-25(24)34(30)42/h7,11-12,17-18,20-22,28-29,39-40H,1,8-10,19H2,2-6H3/b12-11-/t22-,28+,29-,36+,37+/m1/s1. The smallest absolute Gasteiger partial charge is 0.415 e. The molecule has 48 heavy (non-hydrogen) atoms. The Balaban J connectivity index is 1.70. The summed E-state index contributed by atoms with van der Waals surface area (Å²) in [7, 11) is -0.904. The minimum absolute atomic E-state index is 0.0363. The van der Waals surface area contributed by atoms with E-state index in [-0.39, 0.29) is 40.1 Å². The van der Waals surface area contributed by atoms with Crippen molar-refractivity contribution in [1.82, 2.24) is 0 Å². The van der Waals surface area contributed by atoms with Gasteiger partial charge in [-0.05, 0) is 61.5 Å². The average molecular weight is 668 g/mol. The number of nitrogens with zero attached hydrogens (tertiary/aromatic N) is 1. The lowest BCUT2D eigenvalue weighted by atomic mass is 9.68. The molecule has 1 saturated heterocycles. The molecule has 6 rings (SSSR count). The Hall–Kier alpha value is -4.65. The highest BCUT2D eigenvalue weighted by Crippen LogP contribution is 2.69. The number of aliphatic hydroxyl groups is 1. The third-order valence-corrected chi connectivity index (χ3v) is 14.9. The van der Waals surface area contributed by atoms with Gasteiger partial charge < -0.3 is 28.8 Å². The molecule has 1 fully saturated rings. The number of benzene rings is 2. The topological polar surface area (TPSA) is 135 Å². The number of rotatable bonds is 9. The summed E-state index contributed by atoms with van der Waals surface area (Å²) in [5.41, 5.74) is -3.67. The highest BCUT2D eigenvalue weighted by Gasteiger charge is 2.84. The van der Waals surface area contributed by atoms with E-state index in [0.29, 0.717) is 5.75 Å². The summed E-state index contributed by atoms with van der Waals surface area (Å²) in [5, 5.41) is 23.5. The first kappa shape index (κ1) is 33.3. The van der Waals surface area contributed by atoms with E-state index in [1.165, 1.54) is 48.4 Å². The Morgan fingerprint density at radius 3 is 2.40 bits per heavy atom. The molecule has 0 saturated carbocycles. The van der Waals surface area contributed by atoms with Crippen molar-refractivity contribution in [2.24, 2.45) is 0 Å². The minimum atomic E-state index is -2.34. The van der Waals surface area contributed by atoms with Crippen LogP contribution in [0.5, 0.6) is 11.5 Å². The SMILES string of the molecule is C=CCOC(=O)N1c2c(cc(O)c3c2C(=O)c2ccc(OC)cc2C3=O)[C@@]23O[C@@]2([C@@H](C)O[Si](CC)(CC)CC)[C@@H]1C#C/C=C\C#C[C@H]3O. The monoisotopic (exact) mass is 667 g/mol. The maximum absolute atomic E-state index is 14.5. The lowest BCUT2D eigenvalue weighted by Crippen LogP contribution is -2.63. The Bertz CT molecular complexity index is 1900. The van der Waals surface area contributed by atoms with E-state index < -0.39 is 61.2 Å². The molecule has 5 atom stereocenters. The van der Waals surface area contributed by atoms with Crippen LogP contribution in [0.25, 0.3) is 0 Å². The Kier molecular flexibility index (Phi) is 8.38. The maximum Gasteiger partial charge on any atom is 0.415 e. The number of aliphatic hydroxyl groups excluding tert-OH is 1. The number of methoxy groups -OCH3 is 1. The first-order valence-electron chi connectivity index (χ1n) is 16.0. The van der Waals surface area contributed by atoms with Crippen molar-refractivity contribution < 1.29 is 43.2 Å². The van der Waals surface area contributed by atoms with Crippen LogP contribution < -0.4 is 9.64 Å². The second kappa shape index (κ2) is 12.1. The number of ether oxygens (including phenoxy) is 3. The lowest BCUT2D eigenvalue weighted by molar-refractivity contribution is 0.0887. The fourth-order valence-corrected chi connectivity index (χ4v) is 10.5. The molecule has 2 aliphatic carbocycles. The number of aromatic hydroxyl groups is 1. The number of anilines is 1. The van der Waals surface area contributed by atoms with Gasteiger partial charge >= 0.3 is 6.09 Å². The molecule has 1 amide bonds. The number of phenolic OH excluding ortho intramolecular Hbond substituents is 1. The van der Waals surface area contributed by atoms with Crippen molar-refractivity contribution in [3.05, 3.63) is 76.9 Å². The van der Waals surface area contributed by atoms with Gasteiger partial charge in [-0.25, -0.2) is 4.79 Å². The fraction of sp³-hybridized carbons (Fsp3) is 0.378. The molecule has 2 bridgehead atoms. The van der Waals surface area contributed by atoms with Crippen molar-refractivity contribution in [1.29, 1.82) is 0 Å². The minimum Gasteiger partial charge on any atom is -0.507 e. The predicted molar refractivity (Wildman–Crippen MR) is 180 cm³/mol. The number of carbonyl (C=O) groups is 3. The molecule has 248 valence electrons. The van der Waals surface area contributed by atoms with E-state index in [4.69, 9.17) is 18.6 Å². The number of phenols is 1. The number of allylic oxidation sites excluding steroid dienone is 2. The molecule has 0 radical (unpaired) electrons. The van der Waals surface area contributed by atoms with Crippen LogP contribution in [0.4, 0.5) is 10.5 Å². The van der Waals surface area contributed by atoms with Gasteiger partial charge in [0.2, 0.25) is 0 Å². The maximum atomic E-state index is 14.5. The normalized spacial score (nSPS) is 25.8. The molecule has 0 unspecified atom stereocenters. The van der Waals surface area contributed by atoms with Crippen LogP contribution in [0.2, 0.25) is 18.1 Å². The van der Waals surface area contributed by atoms with Gasteiger partial charge in [0.15, 0.2) is 37.2 Å². The van der Waals surface area contributed by atoms with Gasteiger partial charge in [0.1, 0.15) is 24.1 Å². The van der Waals surface area contributed by atoms with E-state index >= 15 is 0 Å². The molecule has 0 aromatic heterocycles. The van der Waals surface area contributed by atoms with Gasteiger partial charge in [0.05, 0.1) is 30.0 Å². The van der Waals surface area contributed by atoms with Gasteiger partial charge in [0.25, 0.3) is 0 Å². The largest absolute Gasteiger partial charge is 0.507 e. The molecule has 2 heterocycles. The highest BCUT2D eigenvalue weighted by molar-refractivity contribution is 6.73. The molecule has 2 aromatic carbocycles. The summed E-state index contributed by atoms with van der Waals surface area (Å²) >= 11 is 0. The van der Waals surface area contributed by atoms with Gasteiger partial charge in [-0.1, -0.05) is 57.1 Å². The molecule has 4 aliphatic rings. The van der Waals surface area contributed by atoms with Crippen molar-refractivity contribution in [3.63, 3.8) is 0 Å². The average Bonchev–Trinajstić information content (AvgIpc) is 3.82. The van der Waals surface area contributed by atoms with E-state index in [9.17, 15) is 24.6 Å². The summed E-state index contributed by atoms with van der Waals surface area (Å²) in [5.74, 6) is 10.3. The molecule has 2 aliphatic heterocycles. The number of amides is 1. The first-order chi connectivity index (χ1) is 23.0. The van der Waals surface area contributed by atoms with Gasteiger partial charge in [-0.3, -0.25) is 14.5 Å². The Morgan fingerprint density at radius 1 is 1.08 bits per heavy atom. The molecule has 2 N–H and O–H groups in total. The summed E-state index contributed by atoms with van der Waals surface area (Å²) in [6.45, 7) is 11.6. The molecule has 11 heteroatoms. The summed E-state index contributed by atoms with van der Waals surface area (Å²) in [6, 6.07) is 6.96. The van der Waals surface area contributed by atoms with Crippen LogP contribution in [0, 0.1) is 23.7 Å². The lowest BCUT2D eigenvalue weighted by Gasteiger charge is -2.45. The number of carbonyl (C=O) groups excluding carboxylic acids is 3. The number of epoxide rings is 1. The zero-order valence-corrected chi connectivity index (χ0v) is 28.5. The van der Waals surface area contributed by atoms with Crippen molar-refractivity contribution in [2.45, 2.75) is 75.3 Å². The summed E-state index contributed by atoms with van der Waals surface area (Å²) in [6.07, 6.45) is 1.19. The highest BCUT2D eigenvalue weighted by atomic mass is 28.4. The molecule has 10 nitrogen and oxygen atoms in total. The number of hydrogen-bond acceptors (Lipinski definition) is 9. The third-order valence-electron chi connectivity index (χ3n) is 10.2. The molecule has 0 spiro atoms. The molecular weight excluding hydrogens is 630 g/mol. The summed E-state index contributed by atoms with van der Waals surface area (Å²) < 4.78 is 24.6. The second-order valence-electron chi connectivity index (χ2n) is 12.2. The quantitative estimate of drug-likeness (QED) is 0.140. The van der Waals surface area contributed by atoms with Gasteiger partial charge in [0, 0.05) is 16.7 Å². The van der Waals surface area contributed by atoms with Crippen LogP contribution in [0.15, 0.2) is 49.1 Å². The van der Waals surface area contributed by atoms with Gasteiger partial charge in [-0.2, -0.15) is 0 Å². The van der Waals surface area contributed by atoms with E-state index in [1.54, 1.807) is 6.07 Å². The Labute approximate surface area is 280 Å². The number of hydrogen-bond donors (Lipinski definition) is 2.